The van der Waals surface area contributed by atoms with Crippen LogP contribution in [0.1, 0.15) is 49.1 Å². The fourth-order valence-electron chi connectivity index (χ4n) is 3.87. The number of hydrazone groups is 1. The average molecular weight is 364 g/mol. The van der Waals surface area contributed by atoms with Crippen LogP contribution < -0.4 is 14.9 Å². The molecule has 1 heterocycles. The Balaban J connectivity index is 1.68. The van der Waals surface area contributed by atoms with Crippen LogP contribution in [-0.4, -0.2) is 24.8 Å². The summed E-state index contributed by atoms with van der Waals surface area (Å²) in [6, 6.07) is 15.9. The van der Waals surface area contributed by atoms with Crippen molar-refractivity contribution in [1.29, 1.82) is 0 Å². The third-order valence-corrected chi connectivity index (χ3v) is 5.28. The van der Waals surface area contributed by atoms with Crippen LogP contribution in [0.2, 0.25) is 0 Å². The second kappa shape index (κ2) is 7.82. The summed E-state index contributed by atoms with van der Waals surface area (Å²) in [5.41, 5.74) is 5.51. The van der Waals surface area contributed by atoms with E-state index in [1.54, 1.807) is 7.11 Å². The zero-order valence-corrected chi connectivity index (χ0v) is 15.5. The highest BCUT2D eigenvalue weighted by Gasteiger charge is 2.28. The van der Waals surface area contributed by atoms with Crippen LogP contribution in [0.15, 0.2) is 53.6 Å². The number of hydrogen-bond donors (Lipinski definition) is 1. The molecule has 0 aromatic heterocycles. The topological polar surface area (TPSA) is 59.9 Å². The van der Waals surface area contributed by atoms with Crippen molar-refractivity contribution in [3.63, 3.8) is 0 Å². The SMILES string of the molecule is COc1ccc(C2CC(=O)NN=C2c2ccccc2)cc1OC1CCCC1. The molecule has 1 atom stereocenters. The summed E-state index contributed by atoms with van der Waals surface area (Å²) in [5, 5.41) is 4.36. The molecule has 1 saturated carbocycles. The number of methoxy groups -OCH3 is 1. The van der Waals surface area contributed by atoms with Crippen LogP contribution in [0.25, 0.3) is 0 Å². The lowest BCUT2D eigenvalue weighted by atomic mass is 9.86. The van der Waals surface area contributed by atoms with Gasteiger partial charge in [-0.3, -0.25) is 4.79 Å². The molecule has 4 rings (SSSR count). The fourth-order valence-corrected chi connectivity index (χ4v) is 3.87. The zero-order chi connectivity index (χ0) is 18.6. The predicted octanol–water partition coefficient (Wildman–Crippen LogP) is 4.02. The maximum absolute atomic E-state index is 12.0. The van der Waals surface area contributed by atoms with Gasteiger partial charge >= 0.3 is 0 Å². The molecule has 27 heavy (non-hydrogen) atoms. The van der Waals surface area contributed by atoms with Crippen LogP contribution in [0.4, 0.5) is 0 Å². The standard InChI is InChI=1S/C22H24N2O3/c1-26-19-12-11-16(13-20(19)27-17-9-5-6-10-17)18-14-21(25)23-24-22(18)15-7-3-2-4-8-15/h2-4,7-8,11-13,17-18H,5-6,9-10,14H2,1H3,(H,23,25). The van der Waals surface area contributed by atoms with E-state index in [0.717, 1.165) is 41.2 Å². The third-order valence-electron chi connectivity index (χ3n) is 5.28. The van der Waals surface area contributed by atoms with Gasteiger partial charge in [0, 0.05) is 12.3 Å². The largest absolute Gasteiger partial charge is 0.493 e. The van der Waals surface area contributed by atoms with Crippen molar-refractivity contribution in [2.24, 2.45) is 5.10 Å². The summed E-state index contributed by atoms with van der Waals surface area (Å²) in [4.78, 5) is 12.0. The Morgan fingerprint density at radius 2 is 1.81 bits per heavy atom. The number of amides is 1. The molecule has 0 saturated heterocycles. The van der Waals surface area contributed by atoms with Crippen molar-refractivity contribution in [2.75, 3.05) is 7.11 Å². The van der Waals surface area contributed by atoms with Gasteiger partial charge in [-0.2, -0.15) is 5.10 Å². The number of rotatable bonds is 5. The highest BCUT2D eigenvalue weighted by Crippen LogP contribution is 2.36. The van der Waals surface area contributed by atoms with Crippen LogP contribution in [0.5, 0.6) is 11.5 Å². The van der Waals surface area contributed by atoms with Crippen molar-refractivity contribution < 1.29 is 14.3 Å². The van der Waals surface area contributed by atoms with Crippen LogP contribution in [0, 0.1) is 0 Å². The lowest BCUT2D eigenvalue weighted by Gasteiger charge is -2.25. The van der Waals surface area contributed by atoms with E-state index in [4.69, 9.17) is 9.47 Å². The molecule has 5 heteroatoms. The molecule has 1 fully saturated rings. The van der Waals surface area contributed by atoms with Crippen molar-refractivity contribution in [3.05, 3.63) is 59.7 Å². The smallest absolute Gasteiger partial charge is 0.241 e. The van der Waals surface area contributed by atoms with E-state index in [1.807, 2.05) is 48.5 Å². The van der Waals surface area contributed by atoms with E-state index in [9.17, 15) is 4.79 Å². The van der Waals surface area contributed by atoms with Gasteiger partial charge in [-0.1, -0.05) is 36.4 Å². The Morgan fingerprint density at radius 3 is 2.56 bits per heavy atom. The van der Waals surface area contributed by atoms with Gasteiger partial charge in [0.05, 0.1) is 18.9 Å². The Kier molecular flexibility index (Phi) is 5.10. The summed E-state index contributed by atoms with van der Waals surface area (Å²) in [6.45, 7) is 0. The normalized spacial score (nSPS) is 20.1. The number of nitrogens with one attached hydrogen (secondary N) is 1. The van der Waals surface area contributed by atoms with Crippen LogP contribution >= 0.6 is 0 Å². The molecule has 2 aromatic rings. The Bertz CT molecular complexity index is 842. The minimum Gasteiger partial charge on any atom is -0.493 e. The van der Waals surface area contributed by atoms with Crippen LogP contribution in [0.3, 0.4) is 0 Å². The van der Waals surface area contributed by atoms with Gasteiger partial charge in [0.1, 0.15) is 0 Å². The molecule has 1 unspecified atom stereocenters. The molecule has 1 N–H and O–H groups in total. The van der Waals surface area contributed by atoms with Gasteiger partial charge in [0.25, 0.3) is 0 Å². The first kappa shape index (κ1) is 17.6. The summed E-state index contributed by atoms with van der Waals surface area (Å²) in [5.74, 6) is 1.29. The predicted molar refractivity (Wildman–Crippen MR) is 104 cm³/mol. The van der Waals surface area contributed by atoms with E-state index in [1.165, 1.54) is 12.8 Å². The highest BCUT2D eigenvalue weighted by atomic mass is 16.5. The zero-order valence-electron chi connectivity index (χ0n) is 15.5. The van der Waals surface area contributed by atoms with Crippen molar-refractivity contribution in [3.8, 4) is 11.5 Å². The highest BCUT2D eigenvalue weighted by molar-refractivity contribution is 6.08. The van der Waals surface area contributed by atoms with Gasteiger partial charge in [0.15, 0.2) is 11.5 Å². The summed E-state index contributed by atoms with van der Waals surface area (Å²) < 4.78 is 11.7. The average Bonchev–Trinajstić information content (AvgIpc) is 3.21. The number of nitrogens with zero attached hydrogens (tertiary/aromatic N) is 1. The van der Waals surface area contributed by atoms with Crippen molar-refractivity contribution >= 4 is 11.6 Å². The molecule has 1 aliphatic carbocycles. The van der Waals surface area contributed by atoms with Crippen molar-refractivity contribution in [2.45, 2.75) is 44.1 Å². The maximum atomic E-state index is 12.0. The van der Waals surface area contributed by atoms with E-state index in [0.29, 0.717) is 6.42 Å². The quantitative estimate of drug-likeness (QED) is 0.871. The molecule has 140 valence electrons. The molecule has 1 aliphatic heterocycles. The van der Waals surface area contributed by atoms with Gasteiger partial charge in [-0.25, -0.2) is 5.43 Å². The van der Waals surface area contributed by atoms with Crippen LogP contribution in [-0.2, 0) is 4.79 Å². The monoisotopic (exact) mass is 364 g/mol. The first-order valence-electron chi connectivity index (χ1n) is 9.51. The summed E-state index contributed by atoms with van der Waals surface area (Å²) in [6.07, 6.45) is 5.18. The lowest BCUT2D eigenvalue weighted by Crippen LogP contribution is -2.32. The number of ether oxygens (including phenoxy) is 2. The number of hydrogen-bond acceptors (Lipinski definition) is 4. The van der Waals surface area contributed by atoms with E-state index < -0.39 is 0 Å². The van der Waals surface area contributed by atoms with Gasteiger partial charge in [-0.15, -0.1) is 0 Å². The summed E-state index contributed by atoms with van der Waals surface area (Å²) in [7, 11) is 1.65. The second-order valence-electron chi connectivity index (χ2n) is 7.09. The molecule has 0 spiro atoms. The van der Waals surface area contributed by atoms with Gasteiger partial charge in [-0.05, 0) is 48.9 Å². The Labute approximate surface area is 159 Å². The second-order valence-corrected chi connectivity index (χ2v) is 7.09. The molecule has 1 amide bonds. The van der Waals surface area contributed by atoms with E-state index in [-0.39, 0.29) is 17.9 Å². The van der Waals surface area contributed by atoms with Gasteiger partial charge < -0.3 is 9.47 Å². The molecule has 5 nitrogen and oxygen atoms in total. The maximum Gasteiger partial charge on any atom is 0.241 e. The van der Waals surface area contributed by atoms with E-state index >= 15 is 0 Å². The molecule has 0 radical (unpaired) electrons. The van der Waals surface area contributed by atoms with E-state index in [2.05, 4.69) is 10.5 Å². The minimum atomic E-state index is -0.113. The third kappa shape index (κ3) is 3.82. The lowest BCUT2D eigenvalue weighted by molar-refractivity contribution is -0.121. The molecule has 2 aliphatic rings. The molecular formula is C22H24N2O3. The first-order chi connectivity index (χ1) is 13.2. The van der Waals surface area contributed by atoms with Crippen molar-refractivity contribution in [1.82, 2.24) is 5.43 Å². The minimum absolute atomic E-state index is 0.0752. The Hall–Kier alpha value is -2.82. The first-order valence-corrected chi connectivity index (χ1v) is 9.51. The number of carbonyl (C=O) groups is 1. The fraction of sp³-hybridized carbons (Fsp3) is 0.364. The number of carbonyl (C=O) groups excluding carboxylic acids is 1. The molecule has 2 aromatic carbocycles. The Morgan fingerprint density at radius 1 is 1.04 bits per heavy atom. The van der Waals surface area contributed by atoms with Gasteiger partial charge in [0.2, 0.25) is 5.91 Å². The molecular weight excluding hydrogens is 340 g/mol. The number of benzene rings is 2. The molecule has 0 bridgehead atoms. The summed E-state index contributed by atoms with van der Waals surface area (Å²) >= 11 is 0.